The smallest absolute Gasteiger partial charge is 0.253 e. The standard InChI is InChI=1S/C17H29N3O3S/c1-13(2)20(6)24(22,23)15-9-7-14(8-10-15)16(21)19(5)12-17(3,4)11-18/h7-10,13H,11-12,18H2,1-6H3. The van der Waals surface area contributed by atoms with Crippen molar-refractivity contribution in [2.24, 2.45) is 11.1 Å². The van der Waals surface area contributed by atoms with Crippen LogP contribution in [0.3, 0.4) is 0 Å². The summed E-state index contributed by atoms with van der Waals surface area (Å²) in [6.07, 6.45) is 0. The highest BCUT2D eigenvalue weighted by atomic mass is 32.2. The third-order valence-corrected chi connectivity index (χ3v) is 6.12. The summed E-state index contributed by atoms with van der Waals surface area (Å²) in [6, 6.07) is 5.91. The van der Waals surface area contributed by atoms with Crippen LogP contribution in [0.2, 0.25) is 0 Å². The number of nitrogens with two attached hydrogens (primary N) is 1. The zero-order valence-electron chi connectivity index (χ0n) is 15.4. The Hall–Kier alpha value is -1.44. The molecule has 0 saturated heterocycles. The minimum absolute atomic E-state index is 0.138. The zero-order valence-corrected chi connectivity index (χ0v) is 16.2. The summed E-state index contributed by atoms with van der Waals surface area (Å²) in [6.45, 7) is 8.61. The summed E-state index contributed by atoms with van der Waals surface area (Å²) in [5.74, 6) is -0.155. The largest absolute Gasteiger partial charge is 0.341 e. The monoisotopic (exact) mass is 355 g/mol. The molecule has 1 rings (SSSR count). The van der Waals surface area contributed by atoms with Gasteiger partial charge >= 0.3 is 0 Å². The molecule has 0 aliphatic heterocycles. The Bertz CT molecular complexity index is 667. The molecule has 0 radical (unpaired) electrons. The molecule has 0 atom stereocenters. The third-order valence-electron chi connectivity index (χ3n) is 4.07. The average molecular weight is 356 g/mol. The highest BCUT2D eigenvalue weighted by Crippen LogP contribution is 2.19. The van der Waals surface area contributed by atoms with Crippen molar-refractivity contribution in [3.8, 4) is 0 Å². The van der Waals surface area contributed by atoms with Gasteiger partial charge in [0.05, 0.1) is 4.90 Å². The second-order valence-electron chi connectivity index (χ2n) is 7.17. The molecular formula is C17H29N3O3S. The van der Waals surface area contributed by atoms with Crippen molar-refractivity contribution in [1.82, 2.24) is 9.21 Å². The molecule has 0 spiro atoms. The number of nitrogens with zero attached hydrogens (tertiary/aromatic N) is 2. The van der Waals surface area contributed by atoms with Crippen LogP contribution >= 0.6 is 0 Å². The van der Waals surface area contributed by atoms with Crippen molar-refractivity contribution >= 4 is 15.9 Å². The van der Waals surface area contributed by atoms with Crippen molar-refractivity contribution in [3.63, 3.8) is 0 Å². The van der Waals surface area contributed by atoms with E-state index < -0.39 is 10.0 Å². The van der Waals surface area contributed by atoms with Gasteiger partial charge in [0.1, 0.15) is 0 Å². The molecule has 7 heteroatoms. The van der Waals surface area contributed by atoms with E-state index in [4.69, 9.17) is 5.73 Å². The van der Waals surface area contributed by atoms with Gasteiger partial charge in [-0.2, -0.15) is 4.31 Å². The summed E-state index contributed by atoms with van der Waals surface area (Å²) >= 11 is 0. The van der Waals surface area contributed by atoms with E-state index in [1.165, 1.54) is 16.4 Å². The molecular weight excluding hydrogens is 326 g/mol. The van der Waals surface area contributed by atoms with E-state index in [0.29, 0.717) is 18.7 Å². The van der Waals surface area contributed by atoms with Gasteiger partial charge in [-0.3, -0.25) is 4.79 Å². The fourth-order valence-electron chi connectivity index (χ4n) is 2.21. The maximum atomic E-state index is 12.5. The lowest BCUT2D eigenvalue weighted by Gasteiger charge is -2.29. The quantitative estimate of drug-likeness (QED) is 0.808. The second-order valence-corrected chi connectivity index (χ2v) is 9.17. The molecule has 2 N–H and O–H groups in total. The first-order chi connectivity index (χ1) is 10.9. The van der Waals surface area contributed by atoms with Gasteiger partial charge in [-0.05, 0) is 50.1 Å². The van der Waals surface area contributed by atoms with E-state index in [0.717, 1.165) is 0 Å². The van der Waals surface area contributed by atoms with Gasteiger partial charge in [0, 0.05) is 32.2 Å². The number of benzene rings is 1. The van der Waals surface area contributed by atoms with E-state index in [-0.39, 0.29) is 22.3 Å². The van der Waals surface area contributed by atoms with Crippen LogP contribution in [0.5, 0.6) is 0 Å². The Morgan fingerprint density at radius 1 is 1.17 bits per heavy atom. The van der Waals surface area contributed by atoms with Crippen LogP contribution in [-0.2, 0) is 10.0 Å². The number of rotatable bonds is 7. The summed E-state index contributed by atoms with van der Waals surface area (Å²) in [7, 11) is -0.279. The SMILES string of the molecule is CC(C)N(C)S(=O)(=O)c1ccc(C(=O)N(C)CC(C)(C)CN)cc1. The molecule has 0 fully saturated rings. The number of hydrogen-bond donors (Lipinski definition) is 1. The van der Waals surface area contributed by atoms with Gasteiger partial charge in [0.2, 0.25) is 10.0 Å². The maximum Gasteiger partial charge on any atom is 0.253 e. The van der Waals surface area contributed by atoms with Crippen LogP contribution in [0.1, 0.15) is 38.1 Å². The molecule has 0 unspecified atom stereocenters. The van der Waals surface area contributed by atoms with Crippen molar-refractivity contribution in [2.45, 2.75) is 38.6 Å². The zero-order chi connectivity index (χ0) is 18.7. The van der Waals surface area contributed by atoms with Gasteiger partial charge in [-0.15, -0.1) is 0 Å². The van der Waals surface area contributed by atoms with Gasteiger partial charge in [0.25, 0.3) is 5.91 Å². The molecule has 1 amide bonds. The average Bonchev–Trinajstić information content (AvgIpc) is 2.52. The minimum Gasteiger partial charge on any atom is -0.341 e. The first-order valence-electron chi connectivity index (χ1n) is 7.96. The highest BCUT2D eigenvalue weighted by Gasteiger charge is 2.25. The minimum atomic E-state index is -3.54. The van der Waals surface area contributed by atoms with Crippen molar-refractivity contribution < 1.29 is 13.2 Å². The molecule has 0 aliphatic carbocycles. The second kappa shape index (κ2) is 7.63. The highest BCUT2D eigenvalue weighted by molar-refractivity contribution is 7.89. The lowest BCUT2D eigenvalue weighted by atomic mass is 9.93. The molecule has 0 aromatic heterocycles. The van der Waals surface area contributed by atoms with Crippen molar-refractivity contribution in [2.75, 3.05) is 27.2 Å². The van der Waals surface area contributed by atoms with E-state index in [9.17, 15) is 13.2 Å². The Morgan fingerprint density at radius 2 is 1.67 bits per heavy atom. The molecule has 24 heavy (non-hydrogen) atoms. The fraction of sp³-hybridized carbons (Fsp3) is 0.588. The van der Waals surface area contributed by atoms with Crippen molar-refractivity contribution in [1.29, 1.82) is 0 Å². The molecule has 0 aliphatic rings. The van der Waals surface area contributed by atoms with Crippen LogP contribution in [0.15, 0.2) is 29.2 Å². The number of carbonyl (C=O) groups excluding carboxylic acids is 1. The van der Waals surface area contributed by atoms with Crippen LogP contribution in [0, 0.1) is 5.41 Å². The summed E-state index contributed by atoms with van der Waals surface area (Å²) in [5.41, 5.74) is 5.99. The van der Waals surface area contributed by atoms with E-state index in [1.54, 1.807) is 31.1 Å². The van der Waals surface area contributed by atoms with Crippen LogP contribution in [0.4, 0.5) is 0 Å². The Morgan fingerprint density at radius 3 is 2.08 bits per heavy atom. The number of hydrogen-bond acceptors (Lipinski definition) is 4. The summed E-state index contributed by atoms with van der Waals surface area (Å²) in [5, 5.41) is 0. The van der Waals surface area contributed by atoms with Crippen LogP contribution in [0.25, 0.3) is 0 Å². The van der Waals surface area contributed by atoms with Gasteiger partial charge in [-0.25, -0.2) is 8.42 Å². The van der Waals surface area contributed by atoms with Gasteiger partial charge in [0.15, 0.2) is 0 Å². The first kappa shape index (κ1) is 20.6. The topological polar surface area (TPSA) is 83.7 Å². The summed E-state index contributed by atoms with van der Waals surface area (Å²) < 4.78 is 26.2. The number of amides is 1. The molecule has 6 nitrogen and oxygen atoms in total. The maximum absolute atomic E-state index is 12.5. The molecule has 136 valence electrons. The Labute approximate surface area is 145 Å². The fourth-order valence-corrected chi connectivity index (χ4v) is 3.58. The lowest BCUT2D eigenvalue weighted by Crippen LogP contribution is -2.39. The molecule has 1 aromatic carbocycles. The predicted molar refractivity (Wildman–Crippen MR) is 96.3 cm³/mol. The van der Waals surface area contributed by atoms with E-state index >= 15 is 0 Å². The van der Waals surface area contributed by atoms with E-state index in [1.807, 2.05) is 27.7 Å². The summed E-state index contributed by atoms with van der Waals surface area (Å²) in [4.78, 5) is 14.3. The third kappa shape index (κ3) is 4.78. The number of carbonyl (C=O) groups is 1. The number of sulfonamides is 1. The molecule has 0 heterocycles. The predicted octanol–water partition coefficient (Wildman–Crippen LogP) is 1.77. The molecule has 1 aromatic rings. The van der Waals surface area contributed by atoms with E-state index in [2.05, 4.69) is 0 Å². The lowest BCUT2D eigenvalue weighted by molar-refractivity contribution is 0.0740. The van der Waals surface area contributed by atoms with Crippen molar-refractivity contribution in [3.05, 3.63) is 29.8 Å². The first-order valence-corrected chi connectivity index (χ1v) is 9.40. The van der Waals surface area contributed by atoms with Crippen LogP contribution < -0.4 is 5.73 Å². The molecule has 0 saturated carbocycles. The van der Waals surface area contributed by atoms with Gasteiger partial charge in [-0.1, -0.05) is 13.8 Å². The Balaban J connectivity index is 2.97. The molecule has 0 bridgehead atoms. The van der Waals surface area contributed by atoms with Crippen LogP contribution in [-0.4, -0.2) is 56.8 Å². The normalized spacial score (nSPS) is 12.7. The van der Waals surface area contributed by atoms with Gasteiger partial charge < -0.3 is 10.6 Å². The Kier molecular flexibility index (Phi) is 6.55.